The summed E-state index contributed by atoms with van der Waals surface area (Å²) in [5.41, 5.74) is 0.907. The number of aromatic nitrogens is 2. The van der Waals surface area contributed by atoms with Gasteiger partial charge in [0.25, 0.3) is 5.78 Å². The van der Waals surface area contributed by atoms with Crippen molar-refractivity contribution in [3.63, 3.8) is 0 Å². The molecule has 1 fully saturated rings. The van der Waals surface area contributed by atoms with Gasteiger partial charge < -0.3 is 19.3 Å². The quantitative estimate of drug-likeness (QED) is 0.195. The number of ketones is 1. The third-order valence-electron chi connectivity index (χ3n) is 6.17. The molecule has 1 saturated heterocycles. The van der Waals surface area contributed by atoms with Crippen molar-refractivity contribution < 1.29 is 28.9 Å². The number of aliphatic hydroxyl groups is 1. The first-order valence-corrected chi connectivity index (χ1v) is 13.0. The van der Waals surface area contributed by atoms with Crippen molar-refractivity contribution in [2.24, 2.45) is 0 Å². The summed E-state index contributed by atoms with van der Waals surface area (Å²) in [6.45, 7) is 5.27. The number of fused-ring (bicyclic) bond motifs is 1. The fourth-order valence-electron chi connectivity index (χ4n) is 4.39. The predicted molar refractivity (Wildman–Crippen MR) is 138 cm³/mol. The summed E-state index contributed by atoms with van der Waals surface area (Å²) in [5.74, 6) is -0.264. The monoisotopic (exact) mass is 521 g/mol. The lowest BCUT2D eigenvalue weighted by molar-refractivity contribution is -0.132. The second-order valence-electron chi connectivity index (χ2n) is 8.76. The molecule has 0 radical (unpaired) electrons. The van der Waals surface area contributed by atoms with Crippen LogP contribution in [-0.4, -0.2) is 46.8 Å². The number of hydrogen-bond donors (Lipinski definition) is 1. The Hall–Kier alpha value is -3.92. The number of carbonyl (C=O) groups is 2. The van der Waals surface area contributed by atoms with Crippen molar-refractivity contribution in [2.45, 2.75) is 39.2 Å². The second-order valence-corrected chi connectivity index (χ2v) is 9.92. The number of benzene rings is 2. The van der Waals surface area contributed by atoms with Gasteiger partial charge in [-0.3, -0.25) is 14.5 Å². The Kier molecular flexibility index (Phi) is 7.09. The van der Waals surface area contributed by atoms with E-state index < -0.39 is 17.7 Å². The van der Waals surface area contributed by atoms with Gasteiger partial charge in [-0.05, 0) is 49.2 Å². The Morgan fingerprint density at radius 2 is 1.92 bits per heavy atom. The Balaban J connectivity index is 1.60. The summed E-state index contributed by atoms with van der Waals surface area (Å²) in [5, 5.41) is 20.5. The zero-order valence-corrected chi connectivity index (χ0v) is 21.4. The van der Waals surface area contributed by atoms with E-state index in [1.54, 1.807) is 43.3 Å². The van der Waals surface area contributed by atoms with Gasteiger partial charge in [0.15, 0.2) is 11.5 Å². The van der Waals surface area contributed by atoms with Crippen molar-refractivity contribution in [2.75, 3.05) is 24.7 Å². The van der Waals surface area contributed by atoms with E-state index in [0.717, 1.165) is 19.3 Å². The van der Waals surface area contributed by atoms with Crippen LogP contribution in [0.25, 0.3) is 5.76 Å². The van der Waals surface area contributed by atoms with Gasteiger partial charge in [0, 0.05) is 5.56 Å². The molecule has 1 amide bonds. The molecule has 1 atom stereocenters. The number of anilines is 1. The van der Waals surface area contributed by atoms with E-state index in [1.165, 1.54) is 16.2 Å². The first-order valence-electron chi connectivity index (χ1n) is 12.2. The Morgan fingerprint density at radius 3 is 2.68 bits per heavy atom. The molecule has 3 heterocycles. The van der Waals surface area contributed by atoms with Gasteiger partial charge in [-0.1, -0.05) is 43.2 Å². The molecule has 0 aliphatic carbocycles. The summed E-state index contributed by atoms with van der Waals surface area (Å²) in [6, 6.07) is 11.2. The van der Waals surface area contributed by atoms with Crippen LogP contribution in [0, 0.1) is 6.92 Å². The summed E-state index contributed by atoms with van der Waals surface area (Å²) < 4.78 is 17.1. The van der Waals surface area contributed by atoms with Gasteiger partial charge in [-0.15, -0.1) is 10.2 Å². The highest BCUT2D eigenvalue weighted by atomic mass is 32.1. The lowest BCUT2D eigenvalue weighted by Crippen LogP contribution is -2.29. The minimum atomic E-state index is -0.917. The third-order valence-corrected chi connectivity index (χ3v) is 7.01. The summed E-state index contributed by atoms with van der Waals surface area (Å²) in [4.78, 5) is 28.0. The maximum absolute atomic E-state index is 13.4. The number of Topliss-reactive ketones (excluding diaryl/α,β-unsaturated/α-hetero) is 1. The van der Waals surface area contributed by atoms with Crippen molar-refractivity contribution >= 4 is 33.9 Å². The van der Waals surface area contributed by atoms with Crippen LogP contribution < -0.4 is 19.1 Å². The number of amides is 1. The van der Waals surface area contributed by atoms with Crippen LogP contribution in [0.15, 0.2) is 48.0 Å². The zero-order valence-electron chi connectivity index (χ0n) is 20.6. The predicted octanol–water partition coefficient (Wildman–Crippen LogP) is 4.81. The highest BCUT2D eigenvalue weighted by molar-refractivity contribution is 7.15. The molecule has 0 bridgehead atoms. The number of aliphatic hydroxyl groups excluding tert-OH is 1. The van der Waals surface area contributed by atoms with E-state index in [1.807, 2.05) is 6.07 Å². The molecule has 2 aromatic carbocycles. The minimum absolute atomic E-state index is 0.0438. The van der Waals surface area contributed by atoms with Gasteiger partial charge in [-0.25, -0.2) is 0 Å². The molecule has 1 aromatic heterocycles. The smallest absolute Gasteiger partial charge is 0.301 e. The number of rotatable bonds is 8. The molecular weight excluding hydrogens is 494 g/mol. The Labute approximate surface area is 218 Å². The Bertz CT molecular complexity index is 1370. The number of nitrogens with zero attached hydrogens (tertiary/aromatic N) is 3. The number of unbranched alkanes of at least 4 members (excludes halogenated alkanes) is 2. The van der Waals surface area contributed by atoms with Crippen molar-refractivity contribution in [1.29, 1.82) is 0 Å². The van der Waals surface area contributed by atoms with Crippen LogP contribution in [-0.2, 0) is 9.59 Å². The van der Waals surface area contributed by atoms with Crippen molar-refractivity contribution in [3.8, 4) is 17.2 Å². The maximum atomic E-state index is 13.4. The molecule has 37 heavy (non-hydrogen) atoms. The minimum Gasteiger partial charge on any atom is -0.507 e. The highest BCUT2D eigenvalue weighted by Crippen LogP contribution is 2.44. The van der Waals surface area contributed by atoms with E-state index in [0.29, 0.717) is 53.2 Å². The molecule has 192 valence electrons. The molecule has 9 nitrogen and oxygen atoms in total. The first kappa shape index (κ1) is 24.8. The topological polar surface area (TPSA) is 111 Å². The lowest BCUT2D eigenvalue weighted by Gasteiger charge is -2.23. The number of hydrogen-bond acceptors (Lipinski definition) is 9. The fourth-order valence-corrected chi connectivity index (χ4v) is 5.11. The van der Waals surface area contributed by atoms with Gasteiger partial charge in [0.05, 0.1) is 18.2 Å². The number of aryl methyl sites for hydroxylation is 1. The van der Waals surface area contributed by atoms with Gasteiger partial charge in [0.2, 0.25) is 5.13 Å². The lowest BCUT2D eigenvalue weighted by atomic mass is 9.95. The summed E-state index contributed by atoms with van der Waals surface area (Å²) in [6.07, 6.45) is 3.07. The van der Waals surface area contributed by atoms with Crippen LogP contribution in [0.5, 0.6) is 17.2 Å². The standard InChI is InChI=1S/C27H27N3O6S/c1-3-4-5-11-34-19-8-6-7-17(14-19)23-22(25(32)26(33)30(23)27-29-28-16(2)37-27)24(31)18-9-10-20-21(15-18)36-13-12-35-20/h6-10,14-15,23,31H,3-5,11-13H2,1-2H3/t23-/m1/s1. The molecule has 0 saturated carbocycles. The Morgan fingerprint density at radius 1 is 1.11 bits per heavy atom. The molecule has 3 aromatic rings. The molecule has 2 aliphatic rings. The summed E-state index contributed by atoms with van der Waals surface area (Å²) in [7, 11) is 0. The molecular formula is C27H27N3O6S. The third kappa shape index (κ3) is 4.89. The van der Waals surface area contributed by atoms with E-state index in [-0.39, 0.29) is 16.5 Å². The van der Waals surface area contributed by atoms with Crippen LogP contribution in [0.4, 0.5) is 5.13 Å². The summed E-state index contributed by atoms with van der Waals surface area (Å²) >= 11 is 1.20. The largest absolute Gasteiger partial charge is 0.507 e. The van der Waals surface area contributed by atoms with Gasteiger partial charge >= 0.3 is 5.91 Å². The van der Waals surface area contributed by atoms with Crippen LogP contribution >= 0.6 is 11.3 Å². The maximum Gasteiger partial charge on any atom is 0.301 e. The molecule has 0 unspecified atom stereocenters. The molecule has 2 aliphatic heterocycles. The van der Waals surface area contributed by atoms with Gasteiger partial charge in [0.1, 0.15) is 29.7 Å². The average Bonchev–Trinajstić information content (AvgIpc) is 3.46. The zero-order chi connectivity index (χ0) is 25.9. The molecule has 5 rings (SSSR count). The molecule has 10 heteroatoms. The second kappa shape index (κ2) is 10.6. The van der Waals surface area contributed by atoms with Crippen LogP contribution in [0.1, 0.15) is 48.4 Å². The molecule has 0 spiro atoms. The number of carbonyl (C=O) groups excluding carboxylic acids is 2. The fraction of sp³-hybridized carbons (Fsp3) is 0.333. The van der Waals surface area contributed by atoms with Gasteiger partial charge in [-0.2, -0.15) is 0 Å². The number of ether oxygens (including phenoxy) is 3. The van der Waals surface area contributed by atoms with Crippen molar-refractivity contribution in [1.82, 2.24) is 10.2 Å². The normalized spacial score (nSPS) is 18.3. The van der Waals surface area contributed by atoms with Crippen molar-refractivity contribution in [3.05, 3.63) is 64.2 Å². The van der Waals surface area contributed by atoms with E-state index in [9.17, 15) is 14.7 Å². The molecule has 1 N–H and O–H groups in total. The van der Waals surface area contributed by atoms with E-state index >= 15 is 0 Å². The van der Waals surface area contributed by atoms with E-state index in [4.69, 9.17) is 14.2 Å². The SMILES string of the molecule is CCCCCOc1cccc([C@@H]2C(=C(O)c3ccc4c(c3)OCCO4)C(=O)C(=O)N2c2nnc(C)s2)c1. The van der Waals surface area contributed by atoms with E-state index in [2.05, 4.69) is 17.1 Å². The average molecular weight is 522 g/mol. The highest BCUT2D eigenvalue weighted by Gasteiger charge is 2.48. The van der Waals surface area contributed by atoms with Crippen LogP contribution in [0.3, 0.4) is 0 Å². The first-order chi connectivity index (χ1) is 18.0. The van der Waals surface area contributed by atoms with Crippen LogP contribution in [0.2, 0.25) is 0 Å².